The van der Waals surface area contributed by atoms with E-state index in [9.17, 15) is 0 Å². The average molecular weight is 214 g/mol. The maximum Gasteiger partial charge on any atom is 0.0994 e. The zero-order chi connectivity index (χ0) is 12.2. The summed E-state index contributed by atoms with van der Waals surface area (Å²) in [6.45, 7) is 8.38. The van der Waals surface area contributed by atoms with Crippen molar-refractivity contribution >= 4 is 11.9 Å². The molecule has 0 fully saturated rings. The highest BCUT2D eigenvalue weighted by atomic mass is 14.7. The molecule has 1 aromatic carbocycles. The summed E-state index contributed by atoms with van der Waals surface area (Å²) in [5.41, 5.74) is 2.69. The molecule has 84 valence electrons. The van der Waals surface area contributed by atoms with E-state index in [0.29, 0.717) is 0 Å². The summed E-state index contributed by atoms with van der Waals surface area (Å²) < 4.78 is 0. The van der Waals surface area contributed by atoms with Gasteiger partial charge in [-0.05, 0) is 35.6 Å². The van der Waals surface area contributed by atoms with Gasteiger partial charge in [0, 0.05) is 6.21 Å². The summed E-state index contributed by atoms with van der Waals surface area (Å²) in [6.07, 6.45) is 2.80. The lowest BCUT2D eigenvalue weighted by atomic mass is 9.84. The Labute approximate surface area is 97.6 Å². The lowest BCUT2D eigenvalue weighted by Gasteiger charge is -2.20. The van der Waals surface area contributed by atoms with Crippen LogP contribution in [-0.4, -0.2) is 6.21 Å². The second-order valence-electron chi connectivity index (χ2n) is 4.81. The summed E-state index contributed by atoms with van der Waals surface area (Å²) in [6, 6.07) is 7.98. The molecule has 1 rings (SSSR count). The van der Waals surface area contributed by atoms with Crippen LogP contribution in [0.2, 0.25) is 0 Å². The quantitative estimate of drug-likeness (QED) is 0.686. The molecule has 0 N–H and O–H groups in total. The number of hydrogen-bond donors (Lipinski definition) is 0. The van der Waals surface area contributed by atoms with E-state index in [-0.39, 0.29) is 5.41 Å². The molecule has 0 radical (unpaired) electrons. The predicted molar refractivity (Wildman–Crippen MR) is 68.3 cm³/mol. The molecule has 0 aromatic heterocycles. The van der Waals surface area contributed by atoms with Crippen LogP contribution in [0, 0.1) is 11.3 Å². The minimum absolute atomic E-state index is 0.0250. The number of hydrogen-bond acceptors (Lipinski definition) is 2. The molecule has 0 heterocycles. The average Bonchev–Trinajstić information content (AvgIpc) is 2.24. The second-order valence-corrected chi connectivity index (χ2v) is 4.81. The van der Waals surface area contributed by atoms with Crippen LogP contribution in [0.25, 0.3) is 0 Å². The first kappa shape index (κ1) is 12.4. The normalized spacial score (nSPS) is 11.7. The van der Waals surface area contributed by atoms with E-state index in [1.807, 2.05) is 24.4 Å². The van der Waals surface area contributed by atoms with Gasteiger partial charge in [-0.3, -0.25) is 4.99 Å². The van der Waals surface area contributed by atoms with E-state index in [1.54, 1.807) is 0 Å². The van der Waals surface area contributed by atoms with Gasteiger partial charge >= 0.3 is 0 Å². The molecule has 0 aliphatic heterocycles. The molecule has 0 aliphatic rings. The molecule has 0 saturated carbocycles. The topological polar surface area (TPSA) is 36.1 Å². The summed E-state index contributed by atoms with van der Waals surface area (Å²) in [7, 11) is 0. The smallest absolute Gasteiger partial charge is 0.0994 e. The maximum atomic E-state index is 9.06. The van der Waals surface area contributed by atoms with Crippen molar-refractivity contribution in [2.45, 2.75) is 39.5 Å². The fraction of sp³-hybridized carbons (Fsp3) is 0.429. The van der Waals surface area contributed by atoms with Gasteiger partial charge in [-0.15, -0.1) is 0 Å². The van der Waals surface area contributed by atoms with Gasteiger partial charge in [0.05, 0.1) is 17.3 Å². The fourth-order valence-electron chi connectivity index (χ4n) is 1.53. The molecule has 0 unspecified atom stereocenters. The van der Waals surface area contributed by atoms with Crippen LogP contribution in [0.4, 0.5) is 5.69 Å². The van der Waals surface area contributed by atoms with E-state index in [0.717, 1.165) is 23.2 Å². The van der Waals surface area contributed by atoms with Crippen LogP contribution in [0.5, 0.6) is 0 Å². The van der Waals surface area contributed by atoms with E-state index >= 15 is 0 Å². The first-order valence-electron chi connectivity index (χ1n) is 5.56. The fourth-order valence-corrected chi connectivity index (χ4v) is 1.53. The van der Waals surface area contributed by atoms with Gasteiger partial charge in [-0.25, -0.2) is 0 Å². The van der Waals surface area contributed by atoms with Crippen molar-refractivity contribution in [3.63, 3.8) is 0 Å². The lowest BCUT2D eigenvalue weighted by molar-refractivity contribution is 0.588. The third-order valence-corrected chi connectivity index (χ3v) is 2.35. The van der Waals surface area contributed by atoms with E-state index in [2.05, 4.69) is 38.8 Å². The summed E-state index contributed by atoms with van der Waals surface area (Å²) >= 11 is 0. The molecule has 0 spiro atoms. The Morgan fingerprint density at radius 1 is 1.38 bits per heavy atom. The Morgan fingerprint density at radius 2 is 2.06 bits per heavy atom. The Kier molecular flexibility index (Phi) is 3.84. The van der Waals surface area contributed by atoms with Crippen molar-refractivity contribution in [2.24, 2.45) is 4.99 Å². The zero-order valence-corrected chi connectivity index (χ0v) is 10.4. The third kappa shape index (κ3) is 2.93. The highest BCUT2D eigenvalue weighted by molar-refractivity contribution is 5.64. The van der Waals surface area contributed by atoms with Gasteiger partial charge in [-0.1, -0.05) is 27.7 Å². The van der Waals surface area contributed by atoms with Crippen LogP contribution in [-0.2, 0) is 5.41 Å². The summed E-state index contributed by atoms with van der Waals surface area (Å²) in [5.74, 6) is 0. The number of nitrogens with zero attached hydrogens (tertiary/aromatic N) is 2. The molecule has 1 aromatic rings. The first-order valence-corrected chi connectivity index (χ1v) is 5.56. The van der Waals surface area contributed by atoms with Crippen LogP contribution >= 0.6 is 0 Å². The molecular formula is C14H18N2. The molecule has 2 heteroatoms. The molecule has 0 aliphatic carbocycles. The molecule has 16 heavy (non-hydrogen) atoms. The number of rotatable bonds is 2. The molecule has 0 saturated heterocycles. The third-order valence-electron chi connectivity index (χ3n) is 2.35. The van der Waals surface area contributed by atoms with E-state index in [4.69, 9.17) is 5.26 Å². The Hall–Kier alpha value is -1.62. The molecular weight excluding hydrogens is 196 g/mol. The first-order chi connectivity index (χ1) is 7.49. The Morgan fingerprint density at radius 3 is 2.56 bits per heavy atom. The van der Waals surface area contributed by atoms with Crippen LogP contribution < -0.4 is 0 Å². The summed E-state index contributed by atoms with van der Waals surface area (Å²) in [5, 5.41) is 9.06. The van der Waals surface area contributed by atoms with E-state index < -0.39 is 0 Å². The monoisotopic (exact) mass is 214 g/mol. The van der Waals surface area contributed by atoms with Gasteiger partial charge in [-0.2, -0.15) is 5.26 Å². The van der Waals surface area contributed by atoms with Gasteiger partial charge in [0.2, 0.25) is 0 Å². The van der Waals surface area contributed by atoms with E-state index in [1.165, 1.54) is 0 Å². The minimum atomic E-state index is -0.0250. The van der Waals surface area contributed by atoms with Crippen molar-refractivity contribution in [3.05, 3.63) is 29.3 Å². The standard InChI is InChI=1S/C14H18N2/c1-5-8-16-12-7-6-11(10-15)13(9-12)14(2,3)4/h6-9H,5H2,1-4H3/b16-8+. The minimum Gasteiger partial charge on any atom is -0.261 e. The van der Waals surface area contributed by atoms with Gasteiger partial charge in [0.25, 0.3) is 0 Å². The molecule has 0 atom stereocenters. The van der Waals surface area contributed by atoms with Crippen LogP contribution in [0.3, 0.4) is 0 Å². The second kappa shape index (κ2) is 4.94. The van der Waals surface area contributed by atoms with Crippen LogP contribution in [0.15, 0.2) is 23.2 Å². The molecule has 2 nitrogen and oxygen atoms in total. The summed E-state index contributed by atoms with van der Waals surface area (Å²) in [4.78, 5) is 4.34. The number of nitriles is 1. The maximum absolute atomic E-state index is 9.06. The number of aliphatic imine (C=N–C) groups is 1. The van der Waals surface area contributed by atoms with Gasteiger partial charge in [0.15, 0.2) is 0 Å². The Bertz CT molecular complexity index is 431. The molecule has 0 bridgehead atoms. The number of benzene rings is 1. The predicted octanol–water partition coefficient (Wildman–Crippen LogP) is 3.97. The van der Waals surface area contributed by atoms with Crippen molar-refractivity contribution in [3.8, 4) is 6.07 Å². The highest BCUT2D eigenvalue weighted by Crippen LogP contribution is 2.29. The SMILES string of the molecule is CC/C=N/c1ccc(C#N)c(C(C)(C)C)c1. The van der Waals surface area contributed by atoms with Gasteiger partial charge in [0.1, 0.15) is 0 Å². The lowest BCUT2D eigenvalue weighted by Crippen LogP contribution is -2.13. The highest BCUT2D eigenvalue weighted by Gasteiger charge is 2.18. The van der Waals surface area contributed by atoms with Crippen molar-refractivity contribution in [2.75, 3.05) is 0 Å². The Balaban J connectivity index is 3.23. The van der Waals surface area contributed by atoms with Gasteiger partial charge < -0.3 is 0 Å². The van der Waals surface area contributed by atoms with Crippen molar-refractivity contribution < 1.29 is 0 Å². The van der Waals surface area contributed by atoms with Crippen molar-refractivity contribution in [1.82, 2.24) is 0 Å². The van der Waals surface area contributed by atoms with Crippen LogP contribution in [0.1, 0.15) is 45.2 Å². The molecule has 0 amide bonds. The zero-order valence-electron chi connectivity index (χ0n) is 10.4. The van der Waals surface area contributed by atoms with Crippen molar-refractivity contribution in [1.29, 1.82) is 5.26 Å². The largest absolute Gasteiger partial charge is 0.261 e.